The molecule has 24 heavy (non-hydrogen) atoms. The summed E-state index contributed by atoms with van der Waals surface area (Å²) in [5.41, 5.74) is 2.39. The Hall–Kier alpha value is -2.30. The Kier molecular flexibility index (Phi) is 5.18. The number of para-hydroxylation sites is 1. The fraction of sp³-hybridized carbons (Fsp3) is 0.474. The molecule has 5 nitrogen and oxygen atoms in total. The standard InChI is InChI=1S/C19H25N3O2/c1-2-21-11-6-12-22(14-19(21)24)18(23)10-5-7-15-13-20-17-9-4-3-8-16(15)17/h3-4,8-9,13,20H,2,5-7,10-12,14H2,1H3. The highest BCUT2D eigenvalue weighted by Crippen LogP contribution is 2.19. The van der Waals surface area contributed by atoms with Crippen molar-refractivity contribution in [1.29, 1.82) is 0 Å². The summed E-state index contributed by atoms with van der Waals surface area (Å²) >= 11 is 0. The largest absolute Gasteiger partial charge is 0.361 e. The predicted molar refractivity (Wildman–Crippen MR) is 94.7 cm³/mol. The van der Waals surface area contributed by atoms with E-state index in [9.17, 15) is 9.59 Å². The van der Waals surface area contributed by atoms with Crippen LogP contribution in [0, 0.1) is 0 Å². The number of carbonyl (C=O) groups excluding carboxylic acids is 2. The third-order valence-corrected chi connectivity index (χ3v) is 4.78. The van der Waals surface area contributed by atoms with Gasteiger partial charge in [0.1, 0.15) is 0 Å². The lowest BCUT2D eigenvalue weighted by molar-refractivity contribution is -0.138. The van der Waals surface area contributed by atoms with Gasteiger partial charge in [-0.1, -0.05) is 18.2 Å². The minimum absolute atomic E-state index is 0.0694. The molecule has 0 radical (unpaired) electrons. The summed E-state index contributed by atoms with van der Waals surface area (Å²) in [5.74, 6) is 0.168. The first-order chi connectivity index (χ1) is 11.7. The molecule has 1 aromatic carbocycles. The smallest absolute Gasteiger partial charge is 0.242 e. The summed E-state index contributed by atoms with van der Waals surface area (Å²) in [6.07, 6.45) is 5.08. The third-order valence-electron chi connectivity index (χ3n) is 4.78. The van der Waals surface area contributed by atoms with E-state index in [0.29, 0.717) is 13.0 Å². The van der Waals surface area contributed by atoms with Gasteiger partial charge in [-0.3, -0.25) is 9.59 Å². The summed E-state index contributed by atoms with van der Waals surface area (Å²) in [6.45, 7) is 4.39. The first-order valence-electron chi connectivity index (χ1n) is 8.79. The highest BCUT2D eigenvalue weighted by atomic mass is 16.2. The number of rotatable bonds is 5. The Morgan fingerprint density at radius 3 is 2.92 bits per heavy atom. The highest BCUT2D eigenvalue weighted by molar-refractivity contribution is 5.85. The second kappa shape index (κ2) is 7.51. The maximum Gasteiger partial charge on any atom is 0.242 e. The molecule has 1 aromatic heterocycles. The average Bonchev–Trinajstić information content (AvgIpc) is 2.90. The zero-order valence-corrected chi connectivity index (χ0v) is 14.3. The monoisotopic (exact) mass is 327 g/mol. The van der Waals surface area contributed by atoms with E-state index in [1.165, 1.54) is 10.9 Å². The summed E-state index contributed by atoms with van der Waals surface area (Å²) in [5, 5.41) is 1.23. The molecular weight excluding hydrogens is 302 g/mol. The van der Waals surface area contributed by atoms with Crippen LogP contribution in [0.4, 0.5) is 0 Å². The van der Waals surface area contributed by atoms with Gasteiger partial charge in [0.2, 0.25) is 11.8 Å². The molecule has 3 rings (SSSR count). The molecule has 1 aliphatic heterocycles. The summed E-state index contributed by atoms with van der Waals surface area (Å²) in [4.78, 5) is 31.4. The lowest BCUT2D eigenvalue weighted by Gasteiger charge is -2.20. The number of likely N-dealkylation sites (N-methyl/N-ethyl adjacent to an activating group) is 1. The molecule has 5 heteroatoms. The van der Waals surface area contributed by atoms with Crippen LogP contribution in [0.3, 0.4) is 0 Å². The third kappa shape index (κ3) is 3.61. The maximum atomic E-state index is 12.4. The maximum absolute atomic E-state index is 12.4. The Bertz CT molecular complexity index is 722. The molecule has 0 spiro atoms. The van der Waals surface area contributed by atoms with E-state index >= 15 is 0 Å². The summed E-state index contributed by atoms with van der Waals surface area (Å²) in [6, 6.07) is 8.22. The normalized spacial score (nSPS) is 15.8. The molecule has 0 aliphatic carbocycles. The first kappa shape index (κ1) is 16.6. The Balaban J connectivity index is 1.53. The van der Waals surface area contributed by atoms with Crippen molar-refractivity contribution in [1.82, 2.24) is 14.8 Å². The molecule has 0 bridgehead atoms. The number of carbonyl (C=O) groups is 2. The number of nitrogens with one attached hydrogen (secondary N) is 1. The second-order valence-electron chi connectivity index (χ2n) is 6.36. The van der Waals surface area contributed by atoms with E-state index in [4.69, 9.17) is 0 Å². The van der Waals surface area contributed by atoms with E-state index in [2.05, 4.69) is 17.1 Å². The van der Waals surface area contributed by atoms with Crippen molar-refractivity contribution in [3.63, 3.8) is 0 Å². The van der Waals surface area contributed by atoms with Crippen LogP contribution in [-0.4, -0.2) is 52.8 Å². The van der Waals surface area contributed by atoms with Gasteiger partial charge in [0.05, 0.1) is 6.54 Å². The molecule has 0 unspecified atom stereocenters. The van der Waals surface area contributed by atoms with E-state index < -0.39 is 0 Å². The van der Waals surface area contributed by atoms with E-state index in [1.807, 2.05) is 30.2 Å². The second-order valence-corrected chi connectivity index (χ2v) is 6.36. The molecule has 128 valence electrons. The van der Waals surface area contributed by atoms with Crippen LogP contribution in [0.2, 0.25) is 0 Å². The van der Waals surface area contributed by atoms with Gasteiger partial charge < -0.3 is 14.8 Å². The Morgan fingerprint density at radius 2 is 2.08 bits per heavy atom. The number of hydrogen-bond acceptors (Lipinski definition) is 2. The van der Waals surface area contributed by atoms with Crippen LogP contribution < -0.4 is 0 Å². The number of aromatic nitrogens is 1. The fourth-order valence-corrected chi connectivity index (χ4v) is 3.39. The van der Waals surface area contributed by atoms with Crippen molar-refractivity contribution in [2.45, 2.75) is 32.6 Å². The molecular formula is C19H25N3O2. The SMILES string of the molecule is CCN1CCCN(C(=O)CCCc2c[nH]c3ccccc23)CC1=O. The number of aryl methyl sites for hydroxylation is 1. The molecule has 2 heterocycles. The Morgan fingerprint density at radius 1 is 1.25 bits per heavy atom. The summed E-state index contributed by atoms with van der Waals surface area (Å²) < 4.78 is 0. The number of H-pyrrole nitrogens is 1. The minimum atomic E-state index is 0.0694. The predicted octanol–water partition coefficient (Wildman–Crippen LogP) is 2.57. The van der Waals surface area contributed by atoms with Crippen LogP contribution in [-0.2, 0) is 16.0 Å². The molecule has 2 aromatic rings. The van der Waals surface area contributed by atoms with Gasteiger partial charge in [0.15, 0.2) is 0 Å². The van der Waals surface area contributed by atoms with Crippen molar-refractivity contribution >= 4 is 22.7 Å². The van der Waals surface area contributed by atoms with Crippen LogP contribution in [0.5, 0.6) is 0 Å². The number of nitrogens with zero attached hydrogens (tertiary/aromatic N) is 2. The van der Waals surface area contributed by atoms with Crippen molar-refractivity contribution in [2.75, 3.05) is 26.2 Å². The Labute approximate surface area is 142 Å². The average molecular weight is 327 g/mol. The van der Waals surface area contributed by atoms with Gasteiger partial charge in [-0.2, -0.15) is 0 Å². The van der Waals surface area contributed by atoms with Gasteiger partial charge in [-0.25, -0.2) is 0 Å². The topological polar surface area (TPSA) is 56.4 Å². The zero-order valence-electron chi connectivity index (χ0n) is 14.3. The van der Waals surface area contributed by atoms with Crippen molar-refractivity contribution < 1.29 is 9.59 Å². The molecule has 1 saturated heterocycles. The van der Waals surface area contributed by atoms with Crippen molar-refractivity contribution in [2.24, 2.45) is 0 Å². The van der Waals surface area contributed by atoms with Gasteiger partial charge >= 0.3 is 0 Å². The molecule has 2 amide bonds. The van der Waals surface area contributed by atoms with Gasteiger partial charge in [-0.05, 0) is 37.8 Å². The zero-order chi connectivity index (χ0) is 16.9. The van der Waals surface area contributed by atoms with Crippen LogP contribution in [0.25, 0.3) is 10.9 Å². The van der Waals surface area contributed by atoms with E-state index in [-0.39, 0.29) is 18.4 Å². The molecule has 1 fully saturated rings. The number of benzene rings is 1. The minimum Gasteiger partial charge on any atom is -0.361 e. The van der Waals surface area contributed by atoms with Crippen LogP contribution in [0.15, 0.2) is 30.5 Å². The fourth-order valence-electron chi connectivity index (χ4n) is 3.39. The lowest BCUT2D eigenvalue weighted by Crippen LogP contribution is -2.39. The molecule has 1 N–H and O–H groups in total. The molecule has 0 atom stereocenters. The lowest BCUT2D eigenvalue weighted by atomic mass is 10.1. The van der Waals surface area contributed by atoms with Crippen molar-refractivity contribution in [3.8, 4) is 0 Å². The number of aromatic amines is 1. The van der Waals surface area contributed by atoms with Gasteiger partial charge in [0, 0.05) is 43.2 Å². The van der Waals surface area contributed by atoms with Crippen LogP contribution >= 0.6 is 0 Å². The highest BCUT2D eigenvalue weighted by Gasteiger charge is 2.23. The van der Waals surface area contributed by atoms with Crippen molar-refractivity contribution in [3.05, 3.63) is 36.0 Å². The quantitative estimate of drug-likeness (QED) is 0.917. The number of fused-ring (bicyclic) bond motifs is 1. The first-order valence-corrected chi connectivity index (χ1v) is 8.79. The van der Waals surface area contributed by atoms with Gasteiger partial charge in [0.25, 0.3) is 0 Å². The molecule has 1 aliphatic rings. The number of amides is 2. The van der Waals surface area contributed by atoms with Crippen LogP contribution in [0.1, 0.15) is 31.7 Å². The van der Waals surface area contributed by atoms with E-state index in [1.54, 1.807) is 4.90 Å². The van der Waals surface area contributed by atoms with E-state index in [0.717, 1.165) is 37.9 Å². The number of hydrogen-bond donors (Lipinski definition) is 1. The molecule has 0 saturated carbocycles. The van der Waals surface area contributed by atoms with Gasteiger partial charge in [-0.15, -0.1) is 0 Å². The summed E-state index contributed by atoms with van der Waals surface area (Å²) in [7, 11) is 0.